The van der Waals surface area contributed by atoms with Crippen molar-refractivity contribution in [2.24, 2.45) is 0 Å². The molecular weight excluding hydrogens is 268 g/mol. The molecule has 20 heavy (non-hydrogen) atoms. The third-order valence-corrected chi connectivity index (χ3v) is 2.96. The Morgan fingerprint density at radius 1 is 1.10 bits per heavy atom. The highest BCUT2D eigenvalue weighted by Crippen LogP contribution is 2.07. The quantitative estimate of drug-likeness (QED) is 0.543. The summed E-state index contributed by atoms with van der Waals surface area (Å²) in [6.07, 6.45) is 19.5. The van der Waals surface area contributed by atoms with Gasteiger partial charge in [0.15, 0.2) is 0 Å². The van der Waals surface area contributed by atoms with Gasteiger partial charge in [-0.05, 0) is 22.4 Å². The number of ether oxygens (including phenoxy) is 1. The summed E-state index contributed by atoms with van der Waals surface area (Å²) >= 11 is 1.69. The Morgan fingerprint density at radius 3 is 2.35 bits per heavy atom. The van der Waals surface area contributed by atoms with E-state index < -0.39 is 0 Å². The summed E-state index contributed by atoms with van der Waals surface area (Å²) in [5.41, 5.74) is 1.22. The molecule has 0 spiro atoms. The van der Waals surface area contributed by atoms with Gasteiger partial charge in [-0.3, -0.25) is 4.79 Å². The van der Waals surface area contributed by atoms with Crippen molar-refractivity contribution in [2.75, 3.05) is 7.11 Å². The minimum atomic E-state index is -0.231. The van der Waals surface area contributed by atoms with Gasteiger partial charge in [0.1, 0.15) is 0 Å². The van der Waals surface area contributed by atoms with Crippen LogP contribution in [0.2, 0.25) is 0 Å². The van der Waals surface area contributed by atoms with Crippen molar-refractivity contribution >= 4 is 23.4 Å². The average molecular weight is 286 g/mol. The summed E-state index contributed by atoms with van der Waals surface area (Å²) in [7, 11) is 1.38. The molecule has 0 saturated carbocycles. The van der Waals surface area contributed by atoms with E-state index in [1.807, 2.05) is 48.6 Å². The first-order valence-electron chi connectivity index (χ1n) is 6.25. The molecule has 0 atom stereocenters. The van der Waals surface area contributed by atoms with Crippen LogP contribution >= 0.6 is 11.3 Å². The molecule has 0 amide bonds. The molecule has 1 heterocycles. The topological polar surface area (TPSA) is 26.3 Å². The first kappa shape index (κ1) is 15.9. The SMILES string of the molecule is COC(=O)C/C=C/C=C/C=C/C=C/C=C/c1ccsc1. The van der Waals surface area contributed by atoms with Crippen molar-refractivity contribution < 1.29 is 9.53 Å². The van der Waals surface area contributed by atoms with Gasteiger partial charge in [-0.2, -0.15) is 11.3 Å². The molecule has 0 saturated heterocycles. The zero-order valence-electron chi connectivity index (χ0n) is 11.4. The van der Waals surface area contributed by atoms with E-state index in [2.05, 4.69) is 27.6 Å². The van der Waals surface area contributed by atoms with Gasteiger partial charge in [0, 0.05) is 0 Å². The second kappa shape index (κ2) is 10.8. The lowest BCUT2D eigenvalue weighted by atomic mass is 10.3. The Bertz CT molecular complexity index is 517. The fraction of sp³-hybridized carbons (Fsp3) is 0.118. The Labute approximate surface area is 124 Å². The van der Waals surface area contributed by atoms with Gasteiger partial charge in [0.25, 0.3) is 0 Å². The molecule has 1 aromatic heterocycles. The summed E-state index contributed by atoms with van der Waals surface area (Å²) in [4.78, 5) is 10.8. The van der Waals surface area contributed by atoms with Crippen LogP contribution in [-0.4, -0.2) is 13.1 Å². The summed E-state index contributed by atoms with van der Waals surface area (Å²) in [6.45, 7) is 0. The van der Waals surface area contributed by atoms with Crippen LogP contribution in [0.4, 0.5) is 0 Å². The second-order valence-corrected chi connectivity index (χ2v) is 4.56. The molecule has 0 aliphatic carbocycles. The lowest BCUT2D eigenvalue weighted by molar-refractivity contribution is -0.139. The normalized spacial score (nSPS) is 12.7. The van der Waals surface area contributed by atoms with Gasteiger partial charge in [0.2, 0.25) is 0 Å². The van der Waals surface area contributed by atoms with Gasteiger partial charge >= 0.3 is 5.97 Å². The van der Waals surface area contributed by atoms with E-state index >= 15 is 0 Å². The molecule has 0 aliphatic rings. The Kier molecular flexibility index (Phi) is 8.57. The highest BCUT2D eigenvalue weighted by atomic mass is 32.1. The molecule has 104 valence electrons. The zero-order valence-corrected chi connectivity index (χ0v) is 12.3. The summed E-state index contributed by atoms with van der Waals surface area (Å²) in [5.74, 6) is -0.231. The third kappa shape index (κ3) is 8.06. The van der Waals surface area contributed by atoms with Crippen LogP contribution in [0.15, 0.2) is 71.5 Å². The Balaban J connectivity index is 2.19. The molecule has 0 bridgehead atoms. The van der Waals surface area contributed by atoms with Crippen molar-refractivity contribution in [1.82, 2.24) is 0 Å². The minimum absolute atomic E-state index is 0.231. The number of thiophene rings is 1. The van der Waals surface area contributed by atoms with Gasteiger partial charge in [0.05, 0.1) is 13.5 Å². The van der Waals surface area contributed by atoms with Crippen LogP contribution in [0.1, 0.15) is 12.0 Å². The Hall–Kier alpha value is -2.13. The van der Waals surface area contributed by atoms with Crippen molar-refractivity contribution in [2.45, 2.75) is 6.42 Å². The van der Waals surface area contributed by atoms with Crippen LogP contribution in [0, 0.1) is 0 Å². The molecular formula is C17H18O2S. The van der Waals surface area contributed by atoms with Crippen molar-refractivity contribution in [1.29, 1.82) is 0 Å². The maximum atomic E-state index is 10.8. The molecule has 0 unspecified atom stereocenters. The summed E-state index contributed by atoms with van der Waals surface area (Å²) in [5, 5.41) is 4.16. The van der Waals surface area contributed by atoms with E-state index in [1.165, 1.54) is 12.7 Å². The predicted molar refractivity (Wildman–Crippen MR) is 86.5 cm³/mol. The third-order valence-electron chi connectivity index (χ3n) is 2.26. The minimum Gasteiger partial charge on any atom is -0.469 e. The average Bonchev–Trinajstić information content (AvgIpc) is 2.97. The monoisotopic (exact) mass is 286 g/mol. The molecule has 3 heteroatoms. The number of hydrogen-bond acceptors (Lipinski definition) is 3. The fourth-order valence-electron chi connectivity index (χ4n) is 1.25. The lowest BCUT2D eigenvalue weighted by Crippen LogP contribution is -1.96. The maximum absolute atomic E-state index is 10.8. The lowest BCUT2D eigenvalue weighted by Gasteiger charge is -1.89. The second-order valence-electron chi connectivity index (χ2n) is 3.78. The molecule has 2 nitrogen and oxygen atoms in total. The van der Waals surface area contributed by atoms with E-state index in [-0.39, 0.29) is 5.97 Å². The van der Waals surface area contributed by atoms with Crippen molar-refractivity contribution in [3.05, 3.63) is 77.1 Å². The maximum Gasteiger partial charge on any atom is 0.309 e. The van der Waals surface area contributed by atoms with Crippen LogP contribution in [0.3, 0.4) is 0 Å². The van der Waals surface area contributed by atoms with Crippen molar-refractivity contribution in [3.8, 4) is 0 Å². The molecule has 0 N–H and O–H groups in total. The largest absolute Gasteiger partial charge is 0.469 e. The molecule has 0 fully saturated rings. The van der Waals surface area contributed by atoms with E-state index in [0.29, 0.717) is 6.42 Å². The molecule has 1 aromatic rings. The first-order valence-corrected chi connectivity index (χ1v) is 7.19. The fourth-order valence-corrected chi connectivity index (χ4v) is 1.88. The standard InChI is InChI=1S/C17H18O2S/c1-19-17(18)12-10-8-6-4-2-3-5-7-9-11-16-13-14-20-15-16/h2-11,13-15H,12H2,1H3/b3-2+,6-4+,7-5+,10-8+,11-9+. The number of rotatable bonds is 7. The van der Waals surface area contributed by atoms with Gasteiger partial charge in [-0.1, -0.05) is 60.8 Å². The van der Waals surface area contributed by atoms with Gasteiger partial charge < -0.3 is 4.74 Å². The Morgan fingerprint density at radius 2 is 1.75 bits per heavy atom. The highest BCUT2D eigenvalue weighted by molar-refractivity contribution is 7.08. The van der Waals surface area contributed by atoms with Crippen LogP contribution in [0.5, 0.6) is 0 Å². The molecule has 0 aromatic carbocycles. The first-order chi connectivity index (χ1) is 9.83. The van der Waals surface area contributed by atoms with E-state index in [0.717, 1.165) is 0 Å². The smallest absolute Gasteiger partial charge is 0.309 e. The summed E-state index contributed by atoms with van der Waals surface area (Å²) in [6, 6.07) is 2.08. The van der Waals surface area contributed by atoms with Gasteiger partial charge in [-0.15, -0.1) is 0 Å². The number of esters is 1. The van der Waals surface area contributed by atoms with Crippen LogP contribution in [0.25, 0.3) is 6.08 Å². The molecule has 0 aliphatic heterocycles. The number of methoxy groups -OCH3 is 1. The van der Waals surface area contributed by atoms with E-state index in [1.54, 1.807) is 17.4 Å². The van der Waals surface area contributed by atoms with Crippen LogP contribution in [-0.2, 0) is 9.53 Å². The highest BCUT2D eigenvalue weighted by Gasteiger charge is 1.91. The van der Waals surface area contributed by atoms with Crippen LogP contribution < -0.4 is 0 Å². The van der Waals surface area contributed by atoms with Crippen molar-refractivity contribution in [3.63, 3.8) is 0 Å². The molecule has 0 radical (unpaired) electrons. The number of allylic oxidation sites excluding steroid dienone is 8. The molecule has 1 rings (SSSR count). The van der Waals surface area contributed by atoms with Gasteiger partial charge in [-0.25, -0.2) is 0 Å². The number of carbonyl (C=O) groups excluding carboxylic acids is 1. The van der Waals surface area contributed by atoms with E-state index in [4.69, 9.17) is 0 Å². The zero-order chi connectivity index (χ0) is 14.5. The predicted octanol–water partition coefficient (Wildman–Crippen LogP) is 4.55. The number of carbonyl (C=O) groups is 1. The van der Waals surface area contributed by atoms with E-state index in [9.17, 15) is 4.79 Å². The summed E-state index contributed by atoms with van der Waals surface area (Å²) < 4.78 is 4.52. The number of hydrogen-bond donors (Lipinski definition) is 0.